The summed E-state index contributed by atoms with van der Waals surface area (Å²) < 4.78 is 0. The first-order chi connectivity index (χ1) is 33.1. The summed E-state index contributed by atoms with van der Waals surface area (Å²) in [6.45, 7) is 50.9. The molecule has 0 N–H and O–H groups in total. The smallest absolute Gasteiger partial charge is 0.252 e. The molecule has 0 radical (unpaired) electrons. The van der Waals surface area contributed by atoms with Crippen LogP contribution in [-0.4, -0.2) is 12.3 Å². The normalized spacial score (nSPS) is 21.2. The maximum absolute atomic E-state index is 2.87. The second-order valence-electron chi connectivity index (χ2n) is 29.4. The van der Waals surface area contributed by atoms with Gasteiger partial charge in [-0.3, -0.25) is 0 Å². The van der Waals surface area contributed by atoms with Crippen molar-refractivity contribution in [3.8, 4) is 0 Å². The molecule has 0 aromatic heterocycles. The van der Waals surface area contributed by atoms with Gasteiger partial charge in [-0.25, -0.2) is 0 Å². The van der Waals surface area contributed by atoms with E-state index in [0.717, 1.165) is 6.42 Å². The molecule has 10 rings (SSSR count). The molecular weight excluding hydrogens is 870 g/mol. The van der Waals surface area contributed by atoms with Crippen LogP contribution >= 0.6 is 0 Å². The fourth-order valence-electron chi connectivity index (χ4n) is 13.7. The zero-order valence-electron chi connectivity index (χ0n) is 48.3. The number of hydrogen-bond acceptors (Lipinski definition) is 3. The van der Waals surface area contributed by atoms with Gasteiger partial charge in [0.1, 0.15) is 0 Å². The predicted molar refractivity (Wildman–Crippen MR) is 315 cm³/mol. The Morgan fingerprint density at radius 3 is 1.42 bits per heavy atom. The largest absolute Gasteiger partial charge is 0.334 e. The zero-order valence-corrected chi connectivity index (χ0v) is 48.3. The minimum absolute atomic E-state index is 0.00336. The minimum atomic E-state index is -0.294. The van der Waals surface area contributed by atoms with Crippen molar-refractivity contribution < 1.29 is 0 Å². The molecule has 4 heteroatoms. The fourth-order valence-corrected chi connectivity index (χ4v) is 13.7. The van der Waals surface area contributed by atoms with E-state index in [1.54, 1.807) is 0 Å². The number of benzene rings is 6. The summed E-state index contributed by atoms with van der Waals surface area (Å²) in [4.78, 5) is 8.18. The van der Waals surface area contributed by atoms with Crippen LogP contribution in [0.3, 0.4) is 0 Å². The van der Waals surface area contributed by atoms with Crippen LogP contribution in [0.25, 0.3) is 0 Å². The summed E-state index contributed by atoms with van der Waals surface area (Å²) in [6, 6.07) is 46.7. The van der Waals surface area contributed by atoms with E-state index in [-0.39, 0.29) is 55.6 Å². The van der Waals surface area contributed by atoms with Crippen molar-refractivity contribution in [2.24, 2.45) is 10.8 Å². The quantitative estimate of drug-likeness (QED) is 0.163. The van der Waals surface area contributed by atoms with Crippen molar-refractivity contribution in [3.05, 3.63) is 149 Å². The number of fused-ring (bicyclic) bond motifs is 7. The van der Waals surface area contributed by atoms with E-state index in [9.17, 15) is 0 Å². The third-order valence-corrected chi connectivity index (χ3v) is 19.1. The highest BCUT2D eigenvalue weighted by molar-refractivity contribution is 7.00. The van der Waals surface area contributed by atoms with Crippen LogP contribution in [0, 0.1) is 10.8 Å². The Bertz CT molecular complexity index is 3150. The maximum Gasteiger partial charge on any atom is 0.252 e. The van der Waals surface area contributed by atoms with Crippen LogP contribution < -0.4 is 31.1 Å². The number of rotatable bonds is 3. The molecule has 1 saturated carbocycles. The first-order valence-corrected chi connectivity index (χ1v) is 27.3. The van der Waals surface area contributed by atoms with Crippen LogP contribution in [0.4, 0.5) is 45.5 Å². The van der Waals surface area contributed by atoms with E-state index >= 15 is 0 Å². The molecular formula is C68H86BN3. The average molecular weight is 956 g/mol. The van der Waals surface area contributed by atoms with Gasteiger partial charge in [-0.2, -0.15) is 0 Å². The summed E-state index contributed by atoms with van der Waals surface area (Å²) >= 11 is 0. The van der Waals surface area contributed by atoms with Gasteiger partial charge in [-0.1, -0.05) is 199 Å². The third kappa shape index (κ3) is 7.32. The fraction of sp³-hybridized carbons (Fsp3) is 0.471. The Morgan fingerprint density at radius 1 is 0.375 bits per heavy atom. The summed E-state index contributed by atoms with van der Waals surface area (Å²) in [7, 11) is 0. The standard InChI is InChI=1S/C68H86BN3/c1-60(2,3)43-25-30-48(31-26-43)70-55-34-29-46(63(10,11)12)39-53(55)69-52-32-27-47(64(13,14)15)40-56(52)71(49-24-22-23-44(37-49)61(4,5)6)58-42-50(41-57(70)59(58)69)72-54-33-28-45(62(7,8)9)38-51(54)67(20)65(16,17)35-36-66(18,19)68(67,72)21/h22-34,37-42H,35-36H2,1-21H3. The molecule has 6 aromatic rings. The number of anilines is 8. The SMILES string of the molecule is CC(C)(C)c1ccc(N2c3ccc(C(C)(C)C)cc3B3c4ccc(C(C)(C)C)cc4N(c4cccc(C(C)(C)C)c4)c4cc(N5c6ccc(C(C)(C)C)cc6C6(C)C(C)(C)CCC(C)(C)C56C)cc2c43)cc1. The van der Waals surface area contributed by atoms with Gasteiger partial charge in [0, 0.05) is 50.9 Å². The molecule has 0 saturated heterocycles. The van der Waals surface area contributed by atoms with Crippen molar-refractivity contribution in [2.45, 2.75) is 196 Å². The lowest BCUT2D eigenvalue weighted by Crippen LogP contribution is -2.69. The molecule has 0 amide bonds. The van der Waals surface area contributed by atoms with Crippen LogP contribution in [0.15, 0.2) is 115 Å². The molecule has 72 heavy (non-hydrogen) atoms. The monoisotopic (exact) mass is 956 g/mol. The van der Waals surface area contributed by atoms with Gasteiger partial charge in [-0.15, -0.1) is 0 Å². The first-order valence-electron chi connectivity index (χ1n) is 27.3. The molecule has 2 unspecified atom stereocenters. The molecule has 2 atom stereocenters. The second-order valence-corrected chi connectivity index (χ2v) is 29.4. The van der Waals surface area contributed by atoms with E-state index < -0.39 is 0 Å². The zero-order chi connectivity index (χ0) is 52.5. The van der Waals surface area contributed by atoms with Gasteiger partial charge in [0.2, 0.25) is 0 Å². The van der Waals surface area contributed by atoms with Crippen LogP contribution in [0.2, 0.25) is 0 Å². The lowest BCUT2D eigenvalue weighted by Gasteiger charge is -2.65. The summed E-state index contributed by atoms with van der Waals surface area (Å²) in [5.74, 6) is 0. The Balaban J connectivity index is 1.38. The van der Waals surface area contributed by atoms with Gasteiger partial charge in [0.25, 0.3) is 6.71 Å². The van der Waals surface area contributed by atoms with Crippen molar-refractivity contribution >= 4 is 68.6 Å². The van der Waals surface area contributed by atoms with Crippen LogP contribution in [-0.2, 0) is 32.5 Å². The lowest BCUT2D eigenvalue weighted by molar-refractivity contribution is -0.0415. The summed E-state index contributed by atoms with van der Waals surface area (Å²) in [5, 5.41) is 0. The molecule has 0 spiro atoms. The molecule has 6 aromatic carbocycles. The Morgan fingerprint density at radius 2 is 0.847 bits per heavy atom. The molecule has 376 valence electrons. The maximum atomic E-state index is 2.87. The summed E-state index contributed by atoms with van der Waals surface area (Å²) in [6.07, 6.45) is 2.32. The first kappa shape index (κ1) is 50.3. The second kappa shape index (κ2) is 15.7. The molecule has 1 fully saturated rings. The Hall–Kier alpha value is -5.22. The predicted octanol–water partition coefficient (Wildman–Crippen LogP) is 17.3. The Kier molecular flexibility index (Phi) is 10.9. The average Bonchev–Trinajstić information content (AvgIpc) is 3.50. The molecule has 0 bridgehead atoms. The molecule has 3 heterocycles. The third-order valence-electron chi connectivity index (χ3n) is 19.1. The number of nitrogens with zero attached hydrogens (tertiary/aromatic N) is 3. The van der Waals surface area contributed by atoms with Crippen molar-refractivity contribution in [2.75, 3.05) is 14.7 Å². The molecule has 4 aliphatic rings. The van der Waals surface area contributed by atoms with Gasteiger partial charge in [0.15, 0.2) is 0 Å². The summed E-state index contributed by atoms with van der Waals surface area (Å²) in [5.41, 5.74) is 21.8. The van der Waals surface area contributed by atoms with E-state index in [0.29, 0.717) is 0 Å². The van der Waals surface area contributed by atoms with Crippen LogP contribution in [0.1, 0.15) is 192 Å². The molecule has 3 aliphatic heterocycles. The van der Waals surface area contributed by atoms with Gasteiger partial charge < -0.3 is 14.7 Å². The topological polar surface area (TPSA) is 9.72 Å². The van der Waals surface area contributed by atoms with Crippen LogP contribution in [0.5, 0.6) is 0 Å². The lowest BCUT2D eigenvalue weighted by atomic mass is 9.33. The molecule has 3 nitrogen and oxygen atoms in total. The van der Waals surface area contributed by atoms with Crippen molar-refractivity contribution in [3.63, 3.8) is 0 Å². The van der Waals surface area contributed by atoms with Gasteiger partial charge in [-0.05, 0) is 162 Å². The molecule has 1 aliphatic carbocycles. The van der Waals surface area contributed by atoms with E-state index in [1.807, 2.05) is 0 Å². The highest BCUT2D eigenvalue weighted by Gasteiger charge is 2.70. The van der Waals surface area contributed by atoms with Gasteiger partial charge >= 0.3 is 0 Å². The van der Waals surface area contributed by atoms with E-state index in [1.165, 1.54) is 102 Å². The Labute approximate surface area is 436 Å². The van der Waals surface area contributed by atoms with Crippen molar-refractivity contribution in [1.82, 2.24) is 0 Å². The van der Waals surface area contributed by atoms with E-state index in [4.69, 9.17) is 0 Å². The number of hydrogen-bond donors (Lipinski definition) is 0. The highest BCUT2D eigenvalue weighted by atomic mass is 15.3. The minimum Gasteiger partial charge on any atom is -0.334 e. The van der Waals surface area contributed by atoms with E-state index in [2.05, 4.69) is 275 Å². The highest BCUT2D eigenvalue weighted by Crippen LogP contribution is 2.72. The van der Waals surface area contributed by atoms with Crippen molar-refractivity contribution in [1.29, 1.82) is 0 Å². The van der Waals surface area contributed by atoms with Gasteiger partial charge in [0.05, 0.1) is 5.54 Å².